The predicted molar refractivity (Wildman–Crippen MR) is 62.4 cm³/mol. The maximum atomic E-state index is 9.57. The summed E-state index contributed by atoms with van der Waals surface area (Å²) in [6, 6.07) is 5.36. The lowest BCUT2D eigenvalue weighted by atomic mass is 10.3. The second-order valence-electron chi connectivity index (χ2n) is 4.11. The number of benzene rings is 1. The molecular weight excluding hydrogens is 204 g/mol. The molecule has 0 aliphatic rings. The van der Waals surface area contributed by atoms with Crippen LogP contribution < -0.4 is 0 Å². The molecular formula is C11H16N4O. The Kier molecular flexibility index (Phi) is 3.05. The Morgan fingerprint density at radius 1 is 1.38 bits per heavy atom. The molecule has 1 N–H and O–H groups in total. The van der Waals surface area contributed by atoms with Gasteiger partial charge in [0.1, 0.15) is 5.75 Å². The summed E-state index contributed by atoms with van der Waals surface area (Å²) in [7, 11) is 4.09. The highest BCUT2D eigenvalue weighted by molar-refractivity contribution is 5.80. The molecule has 5 heteroatoms. The molecule has 0 unspecified atom stereocenters. The topological polar surface area (TPSA) is 54.2 Å². The van der Waals surface area contributed by atoms with Gasteiger partial charge in [-0.05, 0) is 39.2 Å². The Bertz CT molecular complexity index is 478. The van der Waals surface area contributed by atoms with Crippen molar-refractivity contribution in [1.29, 1.82) is 0 Å². The summed E-state index contributed by atoms with van der Waals surface area (Å²) in [4.78, 5) is 2.14. The van der Waals surface area contributed by atoms with Gasteiger partial charge < -0.3 is 10.0 Å². The number of hydrogen-bond acceptors (Lipinski definition) is 4. The van der Waals surface area contributed by atoms with Crippen LogP contribution in [0.2, 0.25) is 0 Å². The Morgan fingerprint density at radius 2 is 2.19 bits per heavy atom. The van der Waals surface area contributed by atoms with Gasteiger partial charge in [0.25, 0.3) is 0 Å². The third-order valence-corrected chi connectivity index (χ3v) is 2.50. The predicted octanol–water partition coefficient (Wildman–Crippen LogP) is 1.09. The molecule has 0 atom stereocenters. The normalized spacial score (nSPS) is 11.4. The summed E-state index contributed by atoms with van der Waals surface area (Å²) < 4.78 is 1.83. The summed E-state index contributed by atoms with van der Waals surface area (Å²) >= 11 is 0. The molecule has 0 saturated carbocycles. The van der Waals surface area contributed by atoms with Crippen molar-refractivity contribution in [1.82, 2.24) is 19.9 Å². The number of phenolic OH excluding ortho intramolecular Hbond substituents is 1. The minimum Gasteiger partial charge on any atom is -0.506 e. The van der Waals surface area contributed by atoms with Crippen molar-refractivity contribution in [3.8, 4) is 5.75 Å². The number of nitrogens with zero attached hydrogens (tertiary/aromatic N) is 4. The summed E-state index contributed by atoms with van der Waals surface area (Å²) in [6.07, 6.45) is 1.01. The molecule has 2 rings (SSSR count). The van der Waals surface area contributed by atoms with Gasteiger partial charge >= 0.3 is 0 Å². The van der Waals surface area contributed by atoms with Crippen LogP contribution in [0.5, 0.6) is 5.75 Å². The number of rotatable bonds is 4. The van der Waals surface area contributed by atoms with E-state index in [1.165, 1.54) is 0 Å². The van der Waals surface area contributed by atoms with Crippen molar-refractivity contribution < 1.29 is 5.11 Å². The van der Waals surface area contributed by atoms with Gasteiger partial charge in [0.2, 0.25) is 0 Å². The molecule has 0 radical (unpaired) electrons. The van der Waals surface area contributed by atoms with Crippen LogP contribution in [0.1, 0.15) is 6.42 Å². The highest BCUT2D eigenvalue weighted by atomic mass is 16.3. The molecule has 0 saturated heterocycles. The van der Waals surface area contributed by atoms with E-state index in [1.54, 1.807) is 6.07 Å². The molecule has 1 heterocycles. The van der Waals surface area contributed by atoms with Crippen molar-refractivity contribution in [2.75, 3.05) is 20.6 Å². The second-order valence-corrected chi connectivity index (χ2v) is 4.11. The first-order valence-electron chi connectivity index (χ1n) is 5.34. The van der Waals surface area contributed by atoms with Gasteiger partial charge in [-0.25, -0.2) is 4.68 Å². The molecule has 0 aliphatic carbocycles. The zero-order valence-electron chi connectivity index (χ0n) is 9.59. The number of phenols is 1. The van der Waals surface area contributed by atoms with Crippen LogP contribution in [0, 0.1) is 0 Å². The van der Waals surface area contributed by atoms with E-state index in [1.807, 2.05) is 30.9 Å². The van der Waals surface area contributed by atoms with Crippen molar-refractivity contribution in [2.24, 2.45) is 0 Å². The van der Waals surface area contributed by atoms with Crippen LogP contribution in [-0.4, -0.2) is 45.6 Å². The summed E-state index contributed by atoms with van der Waals surface area (Å²) in [5.41, 5.74) is 1.46. The Hall–Kier alpha value is -1.62. The molecule has 5 nitrogen and oxygen atoms in total. The molecule has 1 aromatic carbocycles. The van der Waals surface area contributed by atoms with Crippen LogP contribution in [0.15, 0.2) is 18.2 Å². The monoisotopic (exact) mass is 220 g/mol. The van der Waals surface area contributed by atoms with Crippen molar-refractivity contribution in [3.63, 3.8) is 0 Å². The maximum Gasteiger partial charge on any atom is 0.154 e. The lowest BCUT2D eigenvalue weighted by Gasteiger charge is -2.08. The maximum absolute atomic E-state index is 9.57. The number of aromatic hydroxyl groups is 1. The zero-order chi connectivity index (χ0) is 11.5. The van der Waals surface area contributed by atoms with E-state index in [9.17, 15) is 5.11 Å². The average Bonchev–Trinajstić information content (AvgIpc) is 2.63. The first-order chi connectivity index (χ1) is 7.68. The van der Waals surface area contributed by atoms with Crippen molar-refractivity contribution >= 4 is 11.0 Å². The van der Waals surface area contributed by atoms with E-state index in [0.29, 0.717) is 5.52 Å². The number of hydrogen-bond donors (Lipinski definition) is 1. The van der Waals surface area contributed by atoms with E-state index in [4.69, 9.17) is 0 Å². The average molecular weight is 220 g/mol. The van der Waals surface area contributed by atoms with E-state index < -0.39 is 0 Å². The van der Waals surface area contributed by atoms with E-state index in [0.717, 1.165) is 25.0 Å². The van der Waals surface area contributed by atoms with Crippen molar-refractivity contribution in [2.45, 2.75) is 13.0 Å². The fourth-order valence-corrected chi connectivity index (χ4v) is 1.68. The first kappa shape index (κ1) is 10.9. The lowest BCUT2D eigenvalue weighted by molar-refractivity contribution is 0.381. The molecule has 16 heavy (non-hydrogen) atoms. The SMILES string of the molecule is CN(C)CCCn1nnc2c(O)cccc21. The smallest absolute Gasteiger partial charge is 0.154 e. The number of aryl methyl sites for hydroxylation is 1. The van der Waals surface area contributed by atoms with Gasteiger partial charge in [0.15, 0.2) is 5.52 Å². The Morgan fingerprint density at radius 3 is 2.94 bits per heavy atom. The van der Waals surface area contributed by atoms with Gasteiger partial charge in [-0.1, -0.05) is 11.3 Å². The van der Waals surface area contributed by atoms with Crippen LogP contribution in [0.25, 0.3) is 11.0 Å². The van der Waals surface area contributed by atoms with Crippen molar-refractivity contribution in [3.05, 3.63) is 18.2 Å². The summed E-state index contributed by atoms with van der Waals surface area (Å²) in [5, 5.41) is 17.6. The molecule has 86 valence electrons. The van der Waals surface area contributed by atoms with Gasteiger partial charge in [-0.15, -0.1) is 5.10 Å². The van der Waals surface area contributed by atoms with E-state index in [2.05, 4.69) is 15.2 Å². The minimum absolute atomic E-state index is 0.191. The standard InChI is InChI=1S/C11H16N4O/c1-14(2)7-4-8-15-9-5-3-6-10(16)11(9)12-13-15/h3,5-6,16H,4,7-8H2,1-2H3. The zero-order valence-corrected chi connectivity index (χ0v) is 9.59. The summed E-state index contributed by atoms with van der Waals surface area (Å²) in [6.45, 7) is 1.83. The molecule has 1 aromatic heterocycles. The highest BCUT2D eigenvalue weighted by Crippen LogP contribution is 2.21. The van der Waals surface area contributed by atoms with Gasteiger partial charge in [0.05, 0.1) is 5.52 Å². The Balaban J connectivity index is 2.16. The fraction of sp³-hybridized carbons (Fsp3) is 0.455. The van der Waals surface area contributed by atoms with Crippen LogP contribution in [-0.2, 0) is 6.54 Å². The molecule has 0 fully saturated rings. The Labute approximate surface area is 94.3 Å². The quantitative estimate of drug-likeness (QED) is 0.838. The van der Waals surface area contributed by atoms with Crippen LogP contribution in [0.4, 0.5) is 0 Å². The van der Waals surface area contributed by atoms with Gasteiger partial charge in [0, 0.05) is 6.54 Å². The number of aromatic nitrogens is 3. The molecule has 0 spiro atoms. The van der Waals surface area contributed by atoms with Crippen LogP contribution in [0.3, 0.4) is 0 Å². The van der Waals surface area contributed by atoms with E-state index >= 15 is 0 Å². The van der Waals surface area contributed by atoms with Gasteiger partial charge in [-0.3, -0.25) is 0 Å². The molecule has 0 aliphatic heterocycles. The molecule has 0 bridgehead atoms. The second kappa shape index (κ2) is 4.49. The first-order valence-corrected chi connectivity index (χ1v) is 5.34. The third kappa shape index (κ3) is 2.14. The largest absolute Gasteiger partial charge is 0.506 e. The molecule has 0 amide bonds. The minimum atomic E-state index is 0.191. The lowest BCUT2D eigenvalue weighted by Crippen LogP contribution is -2.15. The summed E-state index contributed by atoms with van der Waals surface area (Å²) in [5.74, 6) is 0.191. The molecule has 2 aromatic rings. The van der Waals surface area contributed by atoms with E-state index in [-0.39, 0.29) is 5.75 Å². The van der Waals surface area contributed by atoms with Crippen LogP contribution >= 0.6 is 0 Å². The number of fused-ring (bicyclic) bond motifs is 1. The fourth-order valence-electron chi connectivity index (χ4n) is 1.68. The van der Waals surface area contributed by atoms with Gasteiger partial charge in [-0.2, -0.15) is 0 Å². The third-order valence-electron chi connectivity index (χ3n) is 2.50. The highest BCUT2D eigenvalue weighted by Gasteiger charge is 2.07.